The number of hydrogen-bond donors (Lipinski definition) is 1. The van der Waals surface area contributed by atoms with Gasteiger partial charge in [-0.15, -0.1) is 0 Å². The molecule has 0 saturated carbocycles. The van der Waals surface area contributed by atoms with Crippen LogP contribution in [-0.2, 0) is 0 Å². The minimum absolute atomic E-state index is 0.0857. The quantitative estimate of drug-likeness (QED) is 0.391. The van der Waals surface area contributed by atoms with E-state index in [0.29, 0.717) is 12.0 Å². The molecule has 2 aromatic carbocycles. The van der Waals surface area contributed by atoms with Gasteiger partial charge in [0.05, 0.1) is 10.8 Å². The SMILES string of the molecule is CCC#Cc1cc(F)c2c(c1)c(=O)oc1cc(O)cc(F)c12. The molecule has 0 saturated heterocycles. The predicted molar refractivity (Wildman–Crippen MR) is 78.7 cm³/mol. The number of phenolic OH excluding ortho intramolecular Hbond substituents is 1. The van der Waals surface area contributed by atoms with Crippen LogP contribution in [0.3, 0.4) is 0 Å². The standard InChI is InChI=1S/C17H10F2O3/c1-2-3-4-9-5-11-15(12(18)6-9)16-13(19)7-10(20)8-14(16)22-17(11)21/h5-8,20H,2H2,1H3. The Morgan fingerprint density at radius 3 is 2.59 bits per heavy atom. The van der Waals surface area contributed by atoms with E-state index in [-0.39, 0.29) is 21.7 Å². The van der Waals surface area contributed by atoms with Crippen molar-refractivity contribution in [3.63, 3.8) is 0 Å². The number of aromatic hydroxyl groups is 1. The van der Waals surface area contributed by atoms with Gasteiger partial charge in [0.25, 0.3) is 0 Å². The topological polar surface area (TPSA) is 50.4 Å². The molecule has 0 atom stereocenters. The first kappa shape index (κ1) is 14.1. The number of benzene rings is 2. The average molecular weight is 300 g/mol. The van der Waals surface area contributed by atoms with Gasteiger partial charge < -0.3 is 9.52 Å². The van der Waals surface area contributed by atoms with Gasteiger partial charge in [0.15, 0.2) is 0 Å². The highest BCUT2D eigenvalue weighted by molar-refractivity contribution is 6.05. The molecule has 0 amide bonds. The molecule has 3 aromatic rings. The number of fused-ring (bicyclic) bond motifs is 3. The lowest BCUT2D eigenvalue weighted by atomic mass is 10.0. The molecular weight excluding hydrogens is 290 g/mol. The summed E-state index contributed by atoms with van der Waals surface area (Å²) in [5.74, 6) is 3.46. The second-order valence-electron chi connectivity index (χ2n) is 4.73. The summed E-state index contributed by atoms with van der Waals surface area (Å²) in [6.07, 6.45) is 0.583. The van der Waals surface area contributed by atoms with Gasteiger partial charge in [-0.3, -0.25) is 0 Å². The van der Waals surface area contributed by atoms with Gasteiger partial charge in [0.2, 0.25) is 0 Å². The van der Waals surface area contributed by atoms with Crippen LogP contribution in [0.15, 0.2) is 33.5 Å². The lowest BCUT2D eigenvalue weighted by Gasteiger charge is -2.06. The Balaban J connectivity index is 2.51. The summed E-state index contributed by atoms with van der Waals surface area (Å²) in [4.78, 5) is 12.0. The van der Waals surface area contributed by atoms with Crippen LogP contribution in [0.4, 0.5) is 8.78 Å². The number of halogens is 2. The van der Waals surface area contributed by atoms with Crippen LogP contribution in [0.2, 0.25) is 0 Å². The van der Waals surface area contributed by atoms with Crippen molar-refractivity contribution in [2.45, 2.75) is 13.3 Å². The van der Waals surface area contributed by atoms with Crippen molar-refractivity contribution < 1.29 is 18.3 Å². The molecule has 110 valence electrons. The first-order valence-electron chi connectivity index (χ1n) is 6.58. The highest BCUT2D eigenvalue weighted by atomic mass is 19.1. The molecule has 0 fully saturated rings. The average Bonchev–Trinajstić information content (AvgIpc) is 2.45. The van der Waals surface area contributed by atoms with Crippen LogP contribution < -0.4 is 5.63 Å². The van der Waals surface area contributed by atoms with Crippen LogP contribution in [0.25, 0.3) is 21.7 Å². The van der Waals surface area contributed by atoms with E-state index >= 15 is 0 Å². The number of rotatable bonds is 0. The van der Waals surface area contributed by atoms with Crippen molar-refractivity contribution in [2.24, 2.45) is 0 Å². The van der Waals surface area contributed by atoms with Crippen LogP contribution in [-0.4, -0.2) is 5.11 Å². The summed E-state index contributed by atoms with van der Waals surface area (Å²) in [7, 11) is 0. The Hall–Kier alpha value is -2.87. The van der Waals surface area contributed by atoms with E-state index in [2.05, 4.69) is 11.8 Å². The van der Waals surface area contributed by atoms with Gasteiger partial charge in [0.1, 0.15) is 23.0 Å². The summed E-state index contributed by atoms with van der Waals surface area (Å²) in [6.45, 7) is 1.84. The van der Waals surface area contributed by atoms with E-state index in [1.807, 2.05) is 6.92 Å². The van der Waals surface area contributed by atoms with E-state index in [4.69, 9.17) is 4.42 Å². The van der Waals surface area contributed by atoms with Gasteiger partial charge in [-0.1, -0.05) is 18.8 Å². The second-order valence-corrected chi connectivity index (χ2v) is 4.73. The lowest BCUT2D eigenvalue weighted by molar-refractivity contribution is 0.467. The maximum absolute atomic E-state index is 14.4. The van der Waals surface area contributed by atoms with Crippen molar-refractivity contribution in [1.29, 1.82) is 0 Å². The predicted octanol–water partition coefficient (Wildman–Crippen LogP) is 3.69. The largest absolute Gasteiger partial charge is 0.508 e. The molecule has 0 aliphatic rings. The summed E-state index contributed by atoms with van der Waals surface area (Å²) in [5, 5.41) is 8.93. The van der Waals surface area contributed by atoms with Crippen molar-refractivity contribution in [3.05, 3.63) is 51.9 Å². The van der Waals surface area contributed by atoms with Crippen LogP contribution in [0.1, 0.15) is 18.9 Å². The Kier molecular flexibility index (Phi) is 3.30. The van der Waals surface area contributed by atoms with Gasteiger partial charge in [-0.25, -0.2) is 13.6 Å². The fourth-order valence-corrected chi connectivity index (χ4v) is 2.33. The van der Waals surface area contributed by atoms with E-state index in [0.717, 1.165) is 18.2 Å². The summed E-state index contributed by atoms with van der Waals surface area (Å²) >= 11 is 0. The molecule has 1 heterocycles. The Morgan fingerprint density at radius 1 is 1.14 bits per heavy atom. The Bertz CT molecular complexity index is 1020. The zero-order valence-electron chi connectivity index (χ0n) is 11.5. The molecule has 3 rings (SSSR count). The fourth-order valence-electron chi connectivity index (χ4n) is 2.33. The van der Waals surface area contributed by atoms with Crippen LogP contribution >= 0.6 is 0 Å². The molecule has 1 N–H and O–H groups in total. The molecule has 22 heavy (non-hydrogen) atoms. The van der Waals surface area contributed by atoms with Gasteiger partial charge in [0, 0.05) is 29.5 Å². The molecular formula is C17H10F2O3. The van der Waals surface area contributed by atoms with Gasteiger partial charge in [-0.05, 0) is 12.1 Å². The molecule has 0 unspecified atom stereocenters. The molecule has 1 aromatic heterocycles. The number of hydrogen-bond acceptors (Lipinski definition) is 3. The van der Waals surface area contributed by atoms with Crippen LogP contribution in [0, 0.1) is 23.5 Å². The third-order valence-electron chi connectivity index (χ3n) is 3.21. The zero-order valence-corrected chi connectivity index (χ0v) is 11.5. The lowest BCUT2D eigenvalue weighted by Crippen LogP contribution is -2.03. The minimum Gasteiger partial charge on any atom is -0.508 e. The van der Waals surface area contributed by atoms with Gasteiger partial charge >= 0.3 is 5.63 Å². The molecule has 3 nitrogen and oxygen atoms in total. The third-order valence-corrected chi connectivity index (χ3v) is 3.21. The number of phenols is 1. The molecule has 5 heteroatoms. The summed E-state index contributed by atoms with van der Waals surface area (Å²) < 4.78 is 33.4. The minimum atomic E-state index is -0.866. The van der Waals surface area contributed by atoms with E-state index in [1.54, 1.807) is 0 Å². The highest BCUT2D eigenvalue weighted by Gasteiger charge is 2.17. The second kappa shape index (κ2) is 5.15. The maximum Gasteiger partial charge on any atom is 0.344 e. The summed E-state index contributed by atoms with van der Waals surface area (Å²) in [6, 6.07) is 4.43. The van der Waals surface area contributed by atoms with Crippen LogP contribution in [0.5, 0.6) is 5.75 Å². The van der Waals surface area contributed by atoms with Crippen molar-refractivity contribution in [3.8, 4) is 17.6 Å². The van der Waals surface area contributed by atoms with Crippen molar-refractivity contribution in [1.82, 2.24) is 0 Å². The molecule has 0 aliphatic carbocycles. The Labute approximate surface area is 123 Å². The normalized spacial score (nSPS) is 10.7. The van der Waals surface area contributed by atoms with Crippen molar-refractivity contribution >= 4 is 21.7 Å². The van der Waals surface area contributed by atoms with Gasteiger partial charge in [-0.2, -0.15) is 0 Å². The van der Waals surface area contributed by atoms with E-state index in [1.165, 1.54) is 6.07 Å². The first-order valence-corrected chi connectivity index (χ1v) is 6.58. The monoisotopic (exact) mass is 300 g/mol. The first-order chi connectivity index (χ1) is 10.5. The molecule has 0 aliphatic heterocycles. The van der Waals surface area contributed by atoms with E-state index < -0.39 is 23.0 Å². The summed E-state index contributed by atoms with van der Waals surface area (Å²) in [5.41, 5.74) is -0.703. The highest BCUT2D eigenvalue weighted by Crippen LogP contribution is 2.31. The maximum atomic E-state index is 14.4. The van der Waals surface area contributed by atoms with Crippen molar-refractivity contribution in [2.75, 3.05) is 0 Å². The Morgan fingerprint density at radius 2 is 1.86 bits per heavy atom. The molecule has 0 spiro atoms. The van der Waals surface area contributed by atoms with E-state index in [9.17, 15) is 18.7 Å². The smallest absolute Gasteiger partial charge is 0.344 e. The molecule has 0 radical (unpaired) electrons. The third kappa shape index (κ3) is 2.19. The molecule has 0 bridgehead atoms. The fraction of sp³-hybridized carbons (Fsp3) is 0.118. The zero-order chi connectivity index (χ0) is 15.9.